The van der Waals surface area contributed by atoms with Crippen molar-refractivity contribution >= 4 is 23.3 Å². The maximum atomic E-state index is 12.6. The van der Waals surface area contributed by atoms with Crippen LogP contribution in [0.2, 0.25) is 5.02 Å². The molecule has 0 aromatic heterocycles. The minimum atomic E-state index is -0.724. The Morgan fingerprint density at radius 2 is 2.00 bits per heavy atom. The molecule has 26 heavy (non-hydrogen) atoms. The van der Waals surface area contributed by atoms with Crippen molar-refractivity contribution in [2.45, 2.75) is 32.3 Å². The summed E-state index contributed by atoms with van der Waals surface area (Å²) in [6, 6.07) is 1.00. The van der Waals surface area contributed by atoms with Gasteiger partial charge < -0.3 is 20.2 Å². The minimum Gasteiger partial charge on any atom is -0.507 e. The van der Waals surface area contributed by atoms with Gasteiger partial charge in [-0.2, -0.15) is 0 Å². The molecule has 1 aromatic carbocycles. The first-order chi connectivity index (χ1) is 12.4. The van der Waals surface area contributed by atoms with E-state index in [1.165, 1.54) is 0 Å². The van der Waals surface area contributed by atoms with Gasteiger partial charge in [-0.15, -0.1) is 0 Å². The number of oxime groups is 1. The predicted molar refractivity (Wildman–Crippen MR) is 97.1 cm³/mol. The highest BCUT2D eigenvalue weighted by Crippen LogP contribution is 2.44. The lowest BCUT2D eigenvalue weighted by molar-refractivity contribution is 0.0307. The smallest absolute Gasteiger partial charge is 0.342 e. The van der Waals surface area contributed by atoms with Crippen LogP contribution in [0, 0.1) is 11.8 Å². The van der Waals surface area contributed by atoms with Gasteiger partial charge in [0.15, 0.2) is 0 Å². The maximum absolute atomic E-state index is 12.6. The van der Waals surface area contributed by atoms with Crippen LogP contribution in [0.1, 0.15) is 35.7 Å². The number of nitrogens with zero attached hydrogens (tertiary/aromatic N) is 1. The van der Waals surface area contributed by atoms with E-state index in [0.717, 1.165) is 18.9 Å². The molecule has 1 saturated carbocycles. The van der Waals surface area contributed by atoms with Crippen molar-refractivity contribution < 1.29 is 25.0 Å². The molecule has 1 heterocycles. The van der Waals surface area contributed by atoms with Gasteiger partial charge in [0.1, 0.15) is 17.1 Å². The lowest BCUT2D eigenvalue weighted by atomic mass is 9.99. The molecule has 3 N–H and O–H groups in total. The number of cyclic esters (lactones) is 1. The second-order valence-corrected chi connectivity index (χ2v) is 7.08. The number of rotatable bonds is 0. The van der Waals surface area contributed by atoms with Crippen molar-refractivity contribution in [1.82, 2.24) is 0 Å². The van der Waals surface area contributed by atoms with Crippen molar-refractivity contribution in [1.29, 1.82) is 0 Å². The van der Waals surface area contributed by atoms with E-state index in [9.17, 15) is 20.2 Å². The van der Waals surface area contributed by atoms with E-state index in [1.807, 2.05) is 13.0 Å². The molecule has 3 rings (SSSR count). The molecule has 1 aromatic rings. The number of phenolic OH excluding ortho intramolecular Hbond substituents is 2. The fraction of sp³-hybridized carbons (Fsp3) is 0.368. The molecule has 2 aliphatic rings. The molecular formula is C19H20ClNO5. The monoisotopic (exact) mass is 377 g/mol. The van der Waals surface area contributed by atoms with E-state index in [4.69, 9.17) is 16.3 Å². The van der Waals surface area contributed by atoms with Gasteiger partial charge >= 0.3 is 5.97 Å². The number of phenols is 2. The molecule has 0 bridgehead atoms. The minimum absolute atomic E-state index is 0.0630. The highest BCUT2D eigenvalue weighted by Gasteiger charge is 2.36. The van der Waals surface area contributed by atoms with Crippen LogP contribution in [0.5, 0.6) is 11.5 Å². The third-order valence-electron chi connectivity index (χ3n) is 4.69. The number of aromatic hydroxyl groups is 2. The Balaban J connectivity index is 2.05. The van der Waals surface area contributed by atoms with Crippen molar-refractivity contribution in [3.63, 3.8) is 0 Å². The number of hydrogen-bond donors (Lipinski definition) is 3. The Morgan fingerprint density at radius 3 is 2.73 bits per heavy atom. The van der Waals surface area contributed by atoms with Crippen LogP contribution < -0.4 is 0 Å². The maximum Gasteiger partial charge on any atom is 0.342 e. The van der Waals surface area contributed by atoms with Gasteiger partial charge in [-0.1, -0.05) is 35.0 Å². The molecule has 0 radical (unpaired) electrons. The molecule has 0 amide bonds. The van der Waals surface area contributed by atoms with Gasteiger partial charge in [-0.3, -0.25) is 0 Å². The van der Waals surface area contributed by atoms with E-state index in [0.29, 0.717) is 11.8 Å². The first-order valence-corrected chi connectivity index (χ1v) is 8.78. The number of carbonyl (C=O) groups excluding carboxylic acids is 1. The third kappa shape index (κ3) is 3.85. The Morgan fingerprint density at radius 1 is 1.23 bits per heavy atom. The lowest BCUT2D eigenvalue weighted by Gasteiger charge is -2.17. The number of ether oxygens (including phenoxy) is 1. The zero-order valence-electron chi connectivity index (χ0n) is 14.2. The number of esters is 1. The summed E-state index contributed by atoms with van der Waals surface area (Å²) in [5, 5.41) is 32.4. The van der Waals surface area contributed by atoms with Crippen molar-refractivity contribution in [3.8, 4) is 11.5 Å². The number of allylic oxidation sites excluding steroid dienone is 4. The Hall–Kier alpha value is -2.47. The van der Waals surface area contributed by atoms with Gasteiger partial charge in [0.25, 0.3) is 0 Å². The summed E-state index contributed by atoms with van der Waals surface area (Å²) in [6.45, 7) is 1.81. The second kappa shape index (κ2) is 7.41. The van der Waals surface area contributed by atoms with E-state index in [1.54, 1.807) is 12.2 Å². The summed E-state index contributed by atoms with van der Waals surface area (Å²) < 4.78 is 5.48. The summed E-state index contributed by atoms with van der Waals surface area (Å²) in [5.74, 6) is -0.625. The molecule has 1 aliphatic heterocycles. The number of fused-ring (bicyclic) bond motifs is 2. The normalized spacial score (nSPS) is 29.8. The van der Waals surface area contributed by atoms with E-state index < -0.39 is 11.7 Å². The zero-order valence-corrected chi connectivity index (χ0v) is 15.0. The molecule has 7 heteroatoms. The fourth-order valence-electron chi connectivity index (χ4n) is 3.25. The third-order valence-corrected chi connectivity index (χ3v) is 5.11. The van der Waals surface area contributed by atoms with Crippen LogP contribution in [-0.4, -0.2) is 33.2 Å². The van der Waals surface area contributed by atoms with Crippen LogP contribution in [0.15, 0.2) is 35.5 Å². The number of hydrogen-bond acceptors (Lipinski definition) is 6. The van der Waals surface area contributed by atoms with Gasteiger partial charge in [0, 0.05) is 12.5 Å². The van der Waals surface area contributed by atoms with Crippen molar-refractivity contribution in [3.05, 3.63) is 46.5 Å². The highest BCUT2D eigenvalue weighted by molar-refractivity contribution is 6.33. The van der Waals surface area contributed by atoms with Crippen LogP contribution in [0.4, 0.5) is 0 Å². The van der Waals surface area contributed by atoms with E-state index in [-0.39, 0.29) is 40.1 Å². The molecule has 6 nitrogen and oxygen atoms in total. The first kappa shape index (κ1) is 18.3. The second-order valence-electron chi connectivity index (χ2n) is 6.71. The summed E-state index contributed by atoms with van der Waals surface area (Å²) in [5.41, 5.74) is 0.228. The van der Waals surface area contributed by atoms with Gasteiger partial charge in [-0.05, 0) is 43.2 Å². The molecule has 0 spiro atoms. The Labute approximate surface area is 156 Å². The largest absolute Gasteiger partial charge is 0.507 e. The van der Waals surface area contributed by atoms with Crippen LogP contribution in [-0.2, 0) is 11.2 Å². The predicted octanol–water partition coefficient (Wildman–Crippen LogP) is 3.82. The van der Waals surface area contributed by atoms with Crippen LogP contribution in [0.25, 0.3) is 0 Å². The Kier molecular flexibility index (Phi) is 5.23. The van der Waals surface area contributed by atoms with E-state index in [2.05, 4.69) is 11.2 Å². The number of carbonyl (C=O) groups is 1. The molecule has 0 unspecified atom stereocenters. The zero-order chi connectivity index (χ0) is 18.8. The van der Waals surface area contributed by atoms with E-state index >= 15 is 0 Å². The average molecular weight is 378 g/mol. The van der Waals surface area contributed by atoms with Crippen molar-refractivity contribution in [2.75, 3.05) is 0 Å². The summed E-state index contributed by atoms with van der Waals surface area (Å²) in [4.78, 5) is 12.6. The first-order valence-electron chi connectivity index (χ1n) is 8.40. The van der Waals surface area contributed by atoms with Gasteiger partial charge in [-0.25, -0.2) is 4.79 Å². The summed E-state index contributed by atoms with van der Waals surface area (Å²) in [7, 11) is 0. The number of halogens is 1. The Bertz CT molecular complexity index is 815. The van der Waals surface area contributed by atoms with Crippen LogP contribution >= 0.6 is 11.6 Å². The van der Waals surface area contributed by atoms with Gasteiger partial charge in [0.05, 0.1) is 16.8 Å². The quantitative estimate of drug-likeness (QED) is 0.362. The summed E-state index contributed by atoms with van der Waals surface area (Å²) >= 11 is 6.14. The molecule has 1 aliphatic carbocycles. The molecular weight excluding hydrogens is 358 g/mol. The highest BCUT2D eigenvalue weighted by atomic mass is 35.5. The average Bonchev–Trinajstić information content (AvgIpc) is 3.31. The molecule has 3 atom stereocenters. The molecule has 0 saturated heterocycles. The van der Waals surface area contributed by atoms with Crippen LogP contribution in [0.3, 0.4) is 0 Å². The fourth-order valence-corrected chi connectivity index (χ4v) is 3.47. The van der Waals surface area contributed by atoms with Gasteiger partial charge in [0.2, 0.25) is 0 Å². The topological polar surface area (TPSA) is 99.4 Å². The lowest BCUT2D eigenvalue weighted by Crippen LogP contribution is -2.18. The molecule has 1 fully saturated rings. The SMILES string of the molecule is C[C@@H]1C[C@@H]2C[C@@H]2\C=C/C=C/C(=N\O)Cc2c(Cl)c(O)cc(O)c2C(=O)O1. The summed E-state index contributed by atoms with van der Waals surface area (Å²) in [6.07, 6.45) is 8.67. The standard InChI is InChI=1S/C19H20ClNO5/c1-10-6-12-7-11(12)4-2-3-5-13(21-25)8-14-17(19(24)26-10)15(22)9-16(23)18(14)20/h2-5,9-12,22-23,25H,6-8H2,1H3/b4-2-,5-3+,21-13+/t10-,11+,12-/m1/s1. The van der Waals surface area contributed by atoms with Crippen molar-refractivity contribution in [2.24, 2.45) is 17.0 Å². The molecule has 138 valence electrons. The number of benzene rings is 1.